The third-order valence-corrected chi connectivity index (χ3v) is 2.90. The highest BCUT2D eigenvalue weighted by Crippen LogP contribution is 2.28. The van der Waals surface area contributed by atoms with Gasteiger partial charge in [-0.3, -0.25) is 0 Å². The first-order valence-electron chi connectivity index (χ1n) is 6.22. The average molecular weight is 255 g/mol. The molecule has 0 aliphatic carbocycles. The van der Waals surface area contributed by atoms with Gasteiger partial charge in [0.15, 0.2) is 0 Å². The molecule has 1 aromatic rings. The van der Waals surface area contributed by atoms with Gasteiger partial charge in [0.05, 0.1) is 13.2 Å². The van der Waals surface area contributed by atoms with E-state index in [4.69, 9.17) is 4.74 Å². The standard InChI is InChI=1S/C14H22FNO2/c1-9(8-10(2)17)16-11(3)14-12(15)6-5-7-13(14)18-4/h5-7,9-11,16-17H,8H2,1-4H3. The molecule has 0 heterocycles. The van der Waals surface area contributed by atoms with Gasteiger partial charge in [0, 0.05) is 17.6 Å². The van der Waals surface area contributed by atoms with Crippen molar-refractivity contribution in [2.45, 2.75) is 45.4 Å². The van der Waals surface area contributed by atoms with Crippen LogP contribution in [0.4, 0.5) is 4.39 Å². The van der Waals surface area contributed by atoms with Crippen LogP contribution < -0.4 is 10.1 Å². The van der Waals surface area contributed by atoms with Gasteiger partial charge < -0.3 is 15.2 Å². The topological polar surface area (TPSA) is 41.5 Å². The second kappa shape index (κ2) is 6.71. The first-order chi connectivity index (χ1) is 8.45. The molecule has 0 saturated carbocycles. The van der Waals surface area contributed by atoms with E-state index in [9.17, 15) is 9.50 Å². The van der Waals surface area contributed by atoms with Gasteiger partial charge in [-0.1, -0.05) is 6.07 Å². The number of halogens is 1. The lowest BCUT2D eigenvalue weighted by Crippen LogP contribution is -2.32. The number of methoxy groups -OCH3 is 1. The number of aliphatic hydroxyl groups excluding tert-OH is 1. The summed E-state index contributed by atoms with van der Waals surface area (Å²) in [7, 11) is 1.53. The summed E-state index contributed by atoms with van der Waals surface area (Å²) in [6.45, 7) is 5.60. The van der Waals surface area contributed by atoms with E-state index in [-0.39, 0.29) is 24.0 Å². The van der Waals surface area contributed by atoms with Crippen LogP contribution in [-0.4, -0.2) is 24.4 Å². The van der Waals surface area contributed by atoms with Crippen molar-refractivity contribution in [2.24, 2.45) is 0 Å². The predicted octanol–water partition coefficient (Wildman–Crippen LogP) is 2.64. The summed E-state index contributed by atoms with van der Waals surface area (Å²) in [5.41, 5.74) is 0.525. The van der Waals surface area contributed by atoms with E-state index in [2.05, 4.69) is 5.32 Å². The van der Waals surface area contributed by atoms with Crippen molar-refractivity contribution in [3.05, 3.63) is 29.6 Å². The second-order valence-corrected chi connectivity index (χ2v) is 4.73. The molecule has 0 bridgehead atoms. The lowest BCUT2D eigenvalue weighted by Gasteiger charge is -2.23. The summed E-state index contributed by atoms with van der Waals surface area (Å²) in [5.74, 6) is 0.262. The fourth-order valence-electron chi connectivity index (χ4n) is 2.21. The van der Waals surface area contributed by atoms with Crippen LogP contribution in [0.2, 0.25) is 0 Å². The minimum Gasteiger partial charge on any atom is -0.496 e. The third-order valence-electron chi connectivity index (χ3n) is 2.90. The number of rotatable bonds is 6. The van der Waals surface area contributed by atoms with Crippen molar-refractivity contribution in [3.8, 4) is 5.75 Å². The normalized spacial score (nSPS) is 16.1. The number of ether oxygens (including phenoxy) is 1. The molecule has 4 heteroatoms. The van der Waals surface area contributed by atoms with E-state index >= 15 is 0 Å². The molecule has 0 spiro atoms. The molecule has 102 valence electrons. The van der Waals surface area contributed by atoms with Gasteiger partial charge >= 0.3 is 0 Å². The summed E-state index contributed by atoms with van der Waals surface area (Å²) < 4.78 is 19.0. The molecule has 0 radical (unpaired) electrons. The predicted molar refractivity (Wildman–Crippen MR) is 70.3 cm³/mol. The van der Waals surface area contributed by atoms with Crippen LogP contribution in [0.25, 0.3) is 0 Å². The summed E-state index contributed by atoms with van der Waals surface area (Å²) in [4.78, 5) is 0. The molecular formula is C14H22FNO2. The second-order valence-electron chi connectivity index (χ2n) is 4.73. The number of hydrogen-bond acceptors (Lipinski definition) is 3. The zero-order valence-corrected chi connectivity index (χ0v) is 11.4. The van der Waals surface area contributed by atoms with Crippen LogP contribution in [0.3, 0.4) is 0 Å². The van der Waals surface area contributed by atoms with E-state index in [0.717, 1.165) is 0 Å². The number of nitrogens with one attached hydrogen (secondary N) is 1. The molecule has 1 rings (SSSR count). The molecule has 0 aromatic heterocycles. The van der Waals surface area contributed by atoms with E-state index in [0.29, 0.717) is 17.7 Å². The van der Waals surface area contributed by atoms with Gasteiger partial charge in [0.25, 0.3) is 0 Å². The highest BCUT2D eigenvalue weighted by molar-refractivity contribution is 5.36. The van der Waals surface area contributed by atoms with Crippen LogP contribution in [0.1, 0.15) is 38.8 Å². The number of aliphatic hydroxyl groups is 1. The lowest BCUT2D eigenvalue weighted by atomic mass is 10.0. The molecule has 0 amide bonds. The smallest absolute Gasteiger partial charge is 0.131 e. The van der Waals surface area contributed by atoms with E-state index in [1.54, 1.807) is 19.1 Å². The Bertz CT molecular complexity index is 382. The maximum Gasteiger partial charge on any atom is 0.131 e. The minimum atomic E-state index is -0.373. The lowest BCUT2D eigenvalue weighted by molar-refractivity contribution is 0.168. The first-order valence-corrected chi connectivity index (χ1v) is 6.22. The van der Waals surface area contributed by atoms with Crippen LogP contribution in [0, 0.1) is 5.82 Å². The zero-order valence-electron chi connectivity index (χ0n) is 11.4. The Balaban J connectivity index is 2.80. The quantitative estimate of drug-likeness (QED) is 0.821. The Morgan fingerprint density at radius 2 is 2.00 bits per heavy atom. The van der Waals surface area contributed by atoms with Gasteiger partial charge in [0.2, 0.25) is 0 Å². The molecule has 3 unspecified atom stereocenters. The molecule has 1 aromatic carbocycles. The van der Waals surface area contributed by atoms with Crippen molar-refractivity contribution in [3.63, 3.8) is 0 Å². The van der Waals surface area contributed by atoms with Crippen LogP contribution in [0.15, 0.2) is 18.2 Å². The molecule has 0 saturated heterocycles. The molecular weight excluding hydrogens is 233 g/mol. The van der Waals surface area contributed by atoms with E-state index in [1.807, 2.05) is 13.8 Å². The van der Waals surface area contributed by atoms with Crippen molar-refractivity contribution >= 4 is 0 Å². The Kier molecular flexibility index (Phi) is 5.56. The largest absolute Gasteiger partial charge is 0.496 e. The monoisotopic (exact) mass is 255 g/mol. The number of hydrogen-bond donors (Lipinski definition) is 2. The van der Waals surface area contributed by atoms with E-state index < -0.39 is 0 Å². The van der Waals surface area contributed by atoms with Crippen molar-refractivity contribution in [1.82, 2.24) is 5.32 Å². The van der Waals surface area contributed by atoms with Crippen LogP contribution in [-0.2, 0) is 0 Å². The summed E-state index contributed by atoms with van der Waals surface area (Å²) in [5, 5.41) is 12.6. The van der Waals surface area contributed by atoms with Crippen molar-refractivity contribution < 1.29 is 14.2 Å². The van der Waals surface area contributed by atoms with Gasteiger partial charge in [-0.2, -0.15) is 0 Å². The van der Waals surface area contributed by atoms with Gasteiger partial charge in [-0.05, 0) is 39.3 Å². The number of benzene rings is 1. The summed E-state index contributed by atoms with van der Waals surface area (Å²) >= 11 is 0. The highest BCUT2D eigenvalue weighted by Gasteiger charge is 2.18. The Morgan fingerprint density at radius 1 is 1.33 bits per heavy atom. The highest BCUT2D eigenvalue weighted by atomic mass is 19.1. The fraction of sp³-hybridized carbons (Fsp3) is 0.571. The molecule has 3 atom stereocenters. The van der Waals surface area contributed by atoms with Gasteiger partial charge in [-0.15, -0.1) is 0 Å². The molecule has 0 fully saturated rings. The van der Waals surface area contributed by atoms with Crippen molar-refractivity contribution in [1.29, 1.82) is 0 Å². The minimum absolute atomic E-state index is 0.101. The zero-order chi connectivity index (χ0) is 13.7. The summed E-state index contributed by atoms with van der Waals surface area (Å²) in [6, 6.07) is 4.73. The fourth-order valence-corrected chi connectivity index (χ4v) is 2.21. The van der Waals surface area contributed by atoms with Crippen molar-refractivity contribution in [2.75, 3.05) is 7.11 Å². The van der Waals surface area contributed by atoms with Gasteiger partial charge in [-0.25, -0.2) is 4.39 Å². The Hall–Kier alpha value is -1.13. The summed E-state index contributed by atoms with van der Waals surface area (Å²) in [6.07, 6.45) is 0.253. The SMILES string of the molecule is COc1cccc(F)c1C(C)NC(C)CC(C)O. The Labute approximate surface area is 108 Å². The van der Waals surface area contributed by atoms with E-state index in [1.165, 1.54) is 13.2 Å². The maximum absolute atomic E-state index is 13.8. The van der Waals surface area contributed by atoms with Crippen LogP contribution >= 0.6 is 0 Å². The molecule has 0 aliphatic rings. The molecule has 3 nitrogen and oxygen atoms in total. The Morgan fingerprint density at radius 3 is 2.56 bits per heavy atom. The third kappa shape index (κ3) is 3.96. The molecule has 2 N–H and O–H groups in total. The van der Waals surface area contributed by atoms with Gasteiger partial charge in [0.1, 0.15) is 11.6 Å². The maximum atomic E-state index is 13.8. The van der Waals surface area contributed by atoms with Crippen LogP contribution in [0.5, 0.6) is 5.75 Å². The molecule has 0 aliphatic heterocycles. The molecule has 18 heavy (non-hydrogen) atoms. The first kappa shape index (κ1) is 14.9. The average Bonchev–Trinajstić information content (AvgIpc) is 2.26.